The molecule has 0 saturated heterocycles. The van der Waals surface area contributed by atoms with Gasteiger partial charge in [0.1, 0.15) is 5.82 Å². The zero-order chi connectivity index (χ0) is 15.6. The number of halogens is 2. The summed E-state index contributed by atoms with van der Waals surface area (Å²) in [7, 11) is 0. The summed E-state index contributed by atoms with van der Waals surface area (Å²) < 4.78 is 13.4. The second-order valence-electron chi connectivity index (χ2n) is 5.77. The highest BCUT2D eigenvalue weighted by molar-refractivity contribution is 6.30. The maximum Gasteiger partial charge on any atom is 0.193 e. The van der Waals surface area contributed by atoms with Crippen molar-refractivity contribution in [1.29, 1.82) is 0 Å². The molecule has 0 aliphatic heterocycles. The Morgan fingerprint density at radius 2 is 1.67 bits per heavy atom. The molecule has 0 aliphatic carbocycles. The fourth-order valence-electron chi connectivity index (χ4n) is 2.08. The number of benzene rings is 2. The van der Waals surface area contributed by atoms with Crippen LogP contribution in [0, 0.1) is 5.82 Å². The van der Waals surface area contributed by atoms with Crippen molar-refractivity contribution in [2.24, 2.45) is 0 Å². The summed E-state index contributed by atoms with van der Waals surface area (Å²) in [5.74, 6) is -0.780. The van der Waals surface area contributed by atoms with Crippen LogP contribution >= 0.6 is 11.6 Å². The molecule has 0 amide bonds. The number of carbonyl (C=O) groups excluding carboxylic acids is 1. The smallest absolute Gasteiger partial charge is 0.193 e. The Bertz CT molecular complexity index is 659. The molecule has 0 spiro atoms. The van der Waals surface area contributed by atoms with Crippen molar-refractivity contribution in [2.75, 3.05) is 0 Å². The Balaban J connectivity index is 2.30. The van der Waals surface area contributed by atoms with E-state index in [1.165, 1.54) is 23.8 Å². The second-order valence-corrected chi connectivity index (χ2v) is 6.18. The molecule has 3 heteroatoms. The van der Waals surface area contributed by atoms with Crippen LogP contribution in [0.25, 0.3) is 0 Å². The lowest BCUT2D eigenvalue weighted by Gasteiger charge is -2.23. The zero-order valence-corrected chi connectivity index (χ0v) is 13.2. The lowest BCUT2D eigenvalue weighted by molar-refractivity contribution is 0.103. The summed E-state index contributed by atoms with van der Waals surface area (Å²) in [6.45, 7) is 6.46. The maximum atomic E-state index is 13.4. The summed E-state index contributed by atoms with van der Waals surface area (Å²) >= 11 is 5.63. The normalized spacial score (nSPS) is 11.5. The average Bonchev–Trinajstić information content (AvgIpc) is 2.49. The Morgan fingerprint density at radius 3 is 2.19 bits per heavy atom. The second kappa shape index (κ2) is 5.98. The molecule has 0 saturated carbocycles. The SMILES string of the molecule is CCC(C)(C)c1ccc(C(=O)c2ccc(Cl)c(F)c2)cc1. The Morgan fingerprint density at radius 1 is 1.10 bits per heavy atom. The van der Waals surface area contributed by atoms with Crippen LogP contribution in [0.15, 0.2) is 42.5 Å². The highest BCUT2D eigenvalue weighted by atomic mass is 35.5. The summed E-state index contributed by atoms with van der Waals surface area (Å²) in [5, 5.41) is 0.0200. The van der Waals surface area contributed by atoms with Crippen LogP contribution in [-0.2, 0) is 5.41 Å². The lowest BCUT2D eigenvalue weighted by atomic mass is 9.82. The van der Waals surface area contributed by atoms with Crippen LogP contribution in [0.3, 0.4) is 0 Å². The van der Waals surface area contributed by atoms with Gasteiger partial charge < -0.3 is 0 Å². The largest absolute Gasteiger partial charge is 0.289 e. The first-order chi connectivity index (χ1) is 9.85. The van der Waals surface area contributed by atoms with Crippen molar-refractivity contribution >= 4 is 17.4 Å². The zero-order valence-electron chi connectivity index (χ0n) is 12.4. The van der Waals surface area contributed by atoms with Crippen LogP contribution in [0.2, 0.25) is 5.02 Å². The van der Waals surface area contributed by atoms with E-state index in [0.29, 0.717) is 11.1 Å². The minimum absolute atomic E-state index is 0.0200. The van der Waals surface area contributed by atoms with Gasteiger partial charge in [0, 0.05) is 11.1 Å². The first-order valence-corrected chi connectivity index (χ1v) is 7.33. The third kappa shape index (κ3) is 3.33. The first kappa shape index (κ1) is 15.7. The van der Waals surface area contributed by atoms with E-state index in [1.807, 2.05) is 12.1 Å². The summed E-state index contributed by atoms with van der Waals surface area (Å²) in [6, 6.07) is 11.6. The fourth-order valence-corrected chi connectivity index (χ4v) is 2.20. The Hall–Kier alpha value is -1.67. The summed E-state index contributed by atoms with van der Waals surface area (Å²) in [6.07, 6.45) is 1.02. The van der Waals surface area contributed by atoms with Gasteiger partial charge in [-0.05, 0) is 35.6 Å². The molecule has 0 aliphatic rings. The highest BCUT2D eigenvalue weighted by Gasteiger charge is 2.18. The van der Waals surface area contributed by atoms with Crippen molar-refractivity contribution in [3.8, 4) is 0 Å². The Labute approximate surface area is 129 Å². The standard InChI is InChI=1S/C18H18ClFO/c1-4-18(2,3)14-8-5-12(6-9-14)17(21)13-7-10-15(19)16(20)11-13/h5-11H,4H2,1-3H3. The topological polar surface area (TPSA) is 17.1 Å². The van der Waals surface area contributed by atoms with Crippen molar-refractivity contribution in [3.63, 3.8) is 0 Å². The third-order valence-electron chi connectivity index (χ3n) is 3.99. The van der Waals surface area contributed by atoms with E-state index in [-0.39, 0.29) is 16.2 Å². The van der Waals surface area contributed by atoms with Crippen LogP contribution in [0.1, 0.15) is 48.7 Å². The van der Waals surface area contributed by atoms with Crippen molar-refractivity contribution in [1.82, 2.24) is 0 Å². The van der Waals surface area contributed by atoms with Gasteiger partial charge in [-0.3, -0.25) is 4.79 Å². The minimum Gasteiger partial charge on any atom is -0.289 e. The third-order valence-corrected chi connectivity index (χ3v) is 4.30. The molecule has 0 bridgehead atoms. The molecule has 2 aromatic carbocycles. The monoisotopic (exact) mass is 304 g/mol. The number of hydrogen-bond donors (Lipinski definition) is 0. The van der Waals surface area contributed by atoms with E-state index >= 15 is 0 Å². The van der Waals surface area contributed by atoms with E-state index in [4.69, 9.17) is 11.6 Å². The van der Waals surface area contributed by atoms with Crippen molar-refractivity contribution in [3.05, 3.63) is 70.0 Å². The average molecular weight is 305 g/mol. The molecule has 0 unspecified atom stereocenters. The predicted molar refractivity (Wildman–Crippen MR) is 84.6 cm³/mol. The van der Waals surface area contributed by atoms with Gasteiger partial charge in [0.25, 0.3) is 0 Å². The van der Waals surface area contributed by atoms with Crippen LogP contribution in [-0.4, -0.2) is 5.78 Å². The van der Waals surface area contributed by atoms with E-state index in [1.54, 1.807) is 12.1 Å². The van der Waals surface area contributed by atoms with E-state index in [0.717, 1.165) is 6.42 Å². The number of rotatable bonds is 4. The molecule has 110 valence electrons. The molecule has 21 heavy (non-hydrogen) atoms. The van der Waals surface area contributed by atoms with Gasteiger partial charge in [0.05, 0.1) is 5.02 Å². The number of hydrogen-bond acceptors (Lipinski definition) is 1. The van der Waals surface area contributed by atoms with E-state index in [9.17, 15) is 9.18 Å². The molecule has 2 rings (SSSR count). The maximum absolute atomic E-state index is 13.4. The fraction of sp³-hybridized carbons (Fsp3) is 0.278. The highest BCUT2D eigenvalue weighted by Crippen LogP contribution is 2.27. The van der Waals surface area contributed by atoms with Gasteiger partial charge in [-0.2, -0.15) is 0 Å². The van der Waals surface area contributed by atoms with Crippen LogP contribution in [0.5, 0.6) is 0 Å². The van der Waals surface area contributed by atoms with Gasteiger partial charge >= 0.3 is 0 Å². The summed E-state index contributed by atoms with van der Waals surface area (Å²) in [4.78, 5) is 12.3. The minimum atomic E-state index is -0.578. The molecular formula is C18H18ClFO. The molecule has 1 nitrogen and oxygen atoms in total. The molecule has 0 aromatic heterocycles. The van der Waals surface area contributed by atoms with Gasteiger partial charge in [-0.1, -0.05) is 56.6 Å². The van der Waals surface area contributed by atoms with Crippen molar-refractivity contribution < 1.29 is 9.18 Å². The molecule has 0 atom stereocenters. The number of carbonyl (C=O) groups is 1. The van der Waals surface area contributed by atoms with Crippen LogP contribution in [0.4, 0.5) is 4.39 Å². The quantitative estimate of drug-likeness (QED) is 0.691. The molecule has 0 heterocycles. The van der Waals surface area contributed by atoms with Gasteiger partial charge in [0.2, 0.25) is 0 Å². The lowest BCUT2D eigenvalue weighted by Crippen LogP contribution is -2.15. The molecule has 2 aromatic rings. The number of ketones is 1. The van der Waals surface area contributed by atoms with E-state index in [2.05, 4.69) is 20.8 Å². The molecular weight excluding hydrogens is 287 g/mol. The van der Waals surface area contributed by atoms with E-state index < -0.39 is 5.82 Å². The summed E-state index contributed by atoms with van der Waals surface area (Å²) in [5.41, 5.74) is 2.11. The van der Waals surface area contributed by atoms with Gasteiger partial charge in [-0.15, -0.1) is 0 Å². The first-order valence-electron chi connectivity index (χ1n) is 6.95. The van der Waals surface area contributed by atoms with Gasteiger partial charge in [0.15, 0.2) is 5.78 Å². The predicted octanol–water partition coefficient (Wildman–Crippen LogP) is 5.40. The molecule has 0 fully saturated rings. The van der Waals surface area contributed by atoms with Crippen molar-refractivity contribution in [2.45, 2.75) is 32.6 Å². The van der Waals surface area contributed by atoms with Gasteiger partial charge in [-0.25, -0.2) is 4.39 Å². The molecule has 0 radical (unpaired) electrons. The van der Waals surface area contributed by atoms with Crippen LogP contribution < -0.4 is 0 Å². The Kier molecular flexibility index (Phi) is 4.48. The molecule has 0 N–H and O–H groups in total.